The molecule has 0 bridgehead atoms. The van der Waals surface area contributed by atoms with Crippen LogP contribution in [0.3, 0.4) is 0 Å². The molecule has 88 valence electrons. The van der Waals surface area contributed by atoms with Crippen molar-refractivity contribution < 1.29 is 0 Å². The van der Waals surface area contributed by atoms with Crippen molar-refractivity contribution in [2.75, 3.05) is 0 Å². The maximum absolute atomic E-state index is 6.01. The SMILES string of the molecule is CC(C)N(Bc1ccc(Cl)c(Cl)c1)C(C)C. The zero-order valence-electron chi connectivity index (χ0n) is 10.3. The number of rotatable bonds is 4. The van der Waals surface area contributed by atoms with Crippen LogP contribution in [0.15, 0.2) is 18.2 Å². The van der Waals surface area contributed by atoms with Crippen LogP contribution in [0, 0.1) is 0 Å². The highest BCUT2D eigenvalue weighted by molar-refractivity contribution is 6.52. The number of halogens is 2. The van der Waals surface area contributed by atoms with Gasteiger partial charge in [-0.1, -0.05) is 62.4 Å². The van der Waals surface area contributed by atoms with Crippen LogP contribution in [0.1, 0.15) is 27.7 Å². The lowest BCUT2D eigenvalue weighted by atomic mass is 9.78. The minimum Gasteiger partial charge on any atom is -0.337 e. The summed E-state index contributed by atoms with van der Waals surface area (Å²) in [5, 5.41) is 1.25. The molecule has 0 aromatic heterocycles. The van der Waals surface area contributed by atoms with E-state index in [4.69, 9.17) is 23.2 Å². The van der Waals surface area contributed by atoms with Crippen molar-refractivity contribution in [3.8, 4) is 0 Å². The van der Waals surface area contributed by atoms with Gasteiger partial charge in [-0.05, 0) is 24.2 Å². The molecule has 1 aromatic rings. The highest BCUT2D eigenvalue weighted by Crippen LogP contribution is 2.19. The van der Waals surface area contributed by atoms with E-state index in [1.165, 1.54) is 5.46 Å². The van der Waals surface area contributed by atoms with Crippen molar-refractivity contribution in [2.24, 2.45) is 0 Å². The van der Waals surface area contributed by atoms with Gasteiger partial charge >= 0.3 is 0 Å². The van der Waals surface area contributed by atoms with Gasteiger partial charge in [0.05, 0.1) is 10.0 Å². The first-order valence-corrected chi connectivity index (χ1v) is 6.37. The molecule has 0 spiro atoms. The Labute approximate surface area is 109 Å². The van der Waals surface area contributed by atoms with Crippen LogP contribution in [-0.2, 0) is 0 Å². The summed E-state index contributed by atoms with van der Waals surface area (Å²) in [4.78, 5) is 2.42. The van der Waals surface area contributed by atoms with Crippen molar-refractivity contribution >= 4 is 36.1 Å². The van der Waals surface area contributed by atoms with Gasteiger partial charge in [0.1, 0.15) is 0 Å². The second-order valence-electron chi connectivity index (χ2n) is 4.61. The van der Waals surface area contributed by atoms with Gasteiger partial charge in [0.25, 0.3) is 0 Å². The van der Waals surface area contributed by atoms with Gasteiger partial charge < -0.3 is 4.81 Å². The third kappa shape index (κ3) is 3.69. The number of hydrogen-bond donors (Lipinski definition) is 0. The molecule has 0 unspecified atom stereocenters. The molecule has 0 amide bonds. The van der Waals surface area contributed by atoms with Gasteiger partial charge in [-0.25, -0.2) is 0 Å². The molecular weight excluding hydrogens is 240 g/mol. The molecule has 0 saturated heterocycles. The van der Waals surface area contributed by atoms with E-state index in [0.29, 0.717) is 22.1 Å². The quantitative estimate of drug-likeness (QED) is 0.750. The van der Waals surface area contributed by atoms with E-state index in [-0.39, 0.29) is 0 Å². The number of hydrogen-bond acceptors (Lipinski definition) is 1. The summed E-state index contributed by atoms with van der Waals surface area (Å²) >= 11 is 11.9. The van der Waals surface area contributed by atoms with Crippen LogP contribution < -0.4 is 5.46 Å². The Morgan fingerprint density at radius 2 is 1.56 bits per heavy atom. The molecule has 0 atom stereocenters. The van der Waals surface area contributed by atoms with Gasteiger partial charge in [-0.3, -0.25) is 0 Å². The van der Waals surface area contributed by atoms with Crippen LogP contribution in [0.5, 0.6) is 0 Å². The van der Waals surface area contributed by atoms with E-state index in [9.17, 15) is 0 Å². The summed E-state index contributed by atoms with van der Waals surface area (Å²) in [5.41, 5.74) is 1.21. The Hall–Kier alpha value is -0.175. The number of nitrogens with zero attached hydrogens (tertiary/aromatic N) is 1. The highest BCUT2D eigenvalue weighted by Gasteiger charge is 2.15. The van der Waals surface area contributed by atoms with E-state index in [0.717, 1.165) is 7.41 Å². The van der Waals surface area contributed by atoms with Crippen molar-refractivity contribution in [1.82, 2.24) is 4.81 Å². The summed E-state index contributed by atoms with van der Waals surface area (Å²) in [6.07, 6.45) is 0. The first kappa shape index (κ1) is 13.9. The fourth-order valence-electron chi connectivity index (χ4n) is 1.81. The lowest BCUT2D eigenvalue weighted by Crippen LogP contribution is -2.45. The minimum absolute atomic E-state index is 0.523. The van der Waals surface area contributed by atoms with E-state index in [1.807, 2.05) is 18.2 Å². The van der Waals surface area contributed by atoms with Crippen molar-refractivity contribution in [1.29, 1.82) is 0 Å². The van der Waals surface area contributed by atoms with Gasteiger partial charge in [-0.2, -0.15) is 0 Å². The Kier molecular flexibility index (Phi) is 5.16. The summed E-state index contributed by atoms with van der Waals surface area (Å²) < 4.78 is 0. The van der Waals surface area contributed by atoms with Crippen LogP contribution in [0.4, 0.5) is 0 Å². The first-order chi connectivity index (χ1) is 7.41. The predicted molar refractivity (Wildman–Crippen MR) is 75.4 cm³/mol. The van der Waals surface area contributed by atoms with Gasteiger partial charge in [0.2, 0.25) is 7.41 Å². The third-order valence-corrected chi connectivity index (χ3v) is 3.41. The zero-order chi connectivity index (χ0) is 12.3. The molecule has 1 aromatic carbocycles. The van der Waals surface area contributed by atoms with Gasteiger partial charge in [0.15, 0.2) is 0 Å². The highest BCUT2D eigenvalue weighted by atomic mass is 35.5. The van der Waals surface area contributed by atoms with E-state index < -0.39 is 0 Å². The van der Waals surface area contributed by atoms with E-state index in [2.05, 4.69) is 32.5 Å². The minimum atomic E-state index is 0.523. The summed E-state index contributed by atoms with van der Waals surface area (Å²) in [6, 6.07) is 6.88. The number of benzene rings is 1. The summed E-state index contributed by atoms with van der Waals surface area (Å²) in [6.45, 7) is 8.82. The first-order valence-electron chi connectivity index (χ1n) is 5.61. The molecule has 0 fully saturated rings. The van der Waals surface area contributed by atoms with Crippen LogP contribution in [0.2, 0.25) is 10.0 Å². The van der Waals surface area contributed by atoms with Gasteiger partial charge in [-0.15, -0.1) is 0 Å². The normalized spacial score (nSPS) is 11.6. The fourth-order valence-corrected chi connectivity index (χ4v) is 2.13. The molecule has 0 radical (unpaired) electrons. The molecule has 0 saturated carbocycles. The summed E-state index contributed by atoms with van der Waals surface area (Å²) in [5.74, 6) is 0. The summed E-state index contributed by atoms with van der Waals surface area (Å²) in [7, 11) is 0.909. The maximum atomic E-state index is 6.01. The standard InChI is InChI=1S/C12H18BCl2N/c1-8(2)16(9(3)4)13-10-5-6-11(14)12(15)7-10/h5-9,13H,1-4H3. The van der Waals surface area contributed by atoms with Crippen LogP contribution >= 0.6 is 23.2 Å². The predicted octanol–water partition coefficient (Wildman–Crippen LogP) is 3.09. The average molecular weight is 258 g/mol. The second kappa shape index (κ2) is 5.95. The fraction of sp³-hybridized carbons (Fsp3) is 0.500. The van der Waals surface area contributed by atoms with Gasteiger partial charge in [0, 0.05) is 0 Å². The maximum Gasteiger partial charge on any atom is 0.239 e. The molecule has 1 nitrogen and oxygen atoms in total. The van der Waals surface area contributed by atoms with E-state index in [1.54, 1.807) is 0 Å². The lowest BCUT2D eigenvalue weighted by molar-refractivity contribution is 0.315. The van der Waals surface area contributed by atoms with Crippen LogP contribution in [0.25, 0.3) is 0 Å². The molecule has 4 heteroatoms. The topological polar surface area (TPSA) is 3.24 Å². The molecular formula is C12H18BCl2N. The molecule has 1 rings (SSSR count). The Morgan fingerprint density at radius 1 is 1.00 bits per heavy atom. The Morgan fingerprint density at radius 3 is 2.00 bits per heavy atom. The molecule has 0 aliphatic heterocycles. The smallest absolute Gasteiger partial charge is 0.239 e. The molecule has 16 heavy (non-hydrogen) atoms. The Balaban J connectivity index is 2.81. The van der Waals surface area contributed by atoms with Crippen molar-refractivity contribution in [2.45, 2.75) is 39.8 Å². The molecule has 0 aliphatic rings. The van der Waals surface area contributed by atoms with Crippen molar-refractivity contribution in [3.63, 3.8) is 0 Å². The molecule has 0 heterocycles. The van der Waals surface area contributed by atoms with Crippen LogP contribution in [-0.4, -0.2) is 24.3 Å². The second-order valence-corrected chi connectivity index (χ2v) is 5.42. The molecule has 0 N–H and O–H groups in total. The monoisotopic (exact) mass is 257 g/mol. The zero-order valence-corrected chi connectivity index (χ0v) is 11.8. The lowest BCUT2D eigenvalue weighted by Gasteiger charge is -2.30. The van der Waals surface area contributed by atoms with Crippen molar-refractivity contribution in [3.05, 3.63) is 28.2 Å². The average Bonchev–Trinajstić information content (AvgIpc) is 2.18. The van der Waals surface area contributed by atoms with E-state index >= 15 is 0 Å². The third-order valence-electron chi connectivity index (χ3n) is 2.68. The Bertz CT molecular complexity index is 345. The molecule has 0 aliphatic carbocycles. The largest absolute Gasteiger partial charge is 0.337 e.